The van der Waals surface area contributed by atoms with Gasteiger partial charge in [-0.1, -0.05) is 0 Å². The summed E-state index contributed by atoms with van der Waals surface area (Å²) in [6.45, 7) is 1.72. The lowest BCUT2D eigenvalue weighted by Gasteiger charge is -2.24. The van der Waals surface area contributed by atoms with Crippen molar-refractivity contribution in [2.24, 2.45) is 0 Å². The molecule has 1 heterocycles. The normalized spacial score (nSPS) is 16.7. The molecule has 70 valence electrons. The van der Waals surface area contributed by atoms with Crippen LogP contribution in [-0.2, 0) is 4.74 Å². The Balaban J connectivity index is 2.00. The summed E-state index contributed by atoms with van der Waals surface area (Å²) in [5.41, 5.74) is 0.587. The minimum atomic E-state index is -0.389. The average molecular weight is 181 g/mol. The molecule has 0 saturated heterocycles. The SMILES string of the molecule is Cc1ncoc1C(=O)OC1CCC1. The lowest BCUT2D eigenvalue weighted by molar-refractivity contribution is 0.00569. The molecule has 0 aliphatic heterocycles. The summed E-state index contributed by atoms with van der Waals surface area (Å²) < 4.78 is 10.0. The van der Waals surface area contributed by atoms with E-state index in [4.69, 9.17) is 9.15 Å². The summed E-state index contributed by atoms with van der Waals surface area (Å²) in [4.78, 5) is 15.2. The highest BCUT2D eigenvalue weighted by Crippen LogP contribution is 2.23. The van der Waals surface area contributed by atoms with Crippen LogP contribution in [0.3, 0.4) is 0 Å². The van der Waals surface area contributed by atoms with Gasteiger partial charge in [0.1, 0.15) is 6.10 Å². The van der Waals surface area contributed by atoms with Gasteiger partial charge in [0.05, 0.1) is 5.69 Å². The predicted molar refractivity (Wildman–Crippen MR) is 44.3 cm³/mol. The topological polar surface area (TPSA) is 52.3 Å². The zero-order chi connectivity index (χ0) is 9.26. The summed E-state index contributed by atoms with van der Waals surface area (Å²) in [6, 6.07) is 0. The van der Waals surface area contributed by atoms with Crippen LogP contribution in [0, 0.1) is 6.92 Å². The first-order valence-electron chi connectivity index (χ1n) is 4.38. The molecule has 1 fully saturated rings. The molecule has 0 N–H and O–H groups in total. The van der Waals surface area contributed by atoms with E-state index in [2.05, 4.69) is 4.98 Å². The summed E-state index contributed by atoms with van der Waals surface area (Å²) in [5.74, 6) is -0.161. The first kappa shape index (κ1) is 8.29. The fourth-order valence-corrected chi connectivity index (χ4v) is 1.19. The van der Waals surface area contributed by atoms with Crippen molar-refractivity contribution in [3.05, 3.63) is 17.8 Å². The standard InChI is InChI=1S/C9H11NO3/c1-6-8(12-5-10-6)9(11)13-7-3-2-4-7/h5,7H,2-4H2,1H3. The number of ether oxygens (including phenoxy) is 1. The highest BCUT2D eigenvalue weighted by atomic mass is 16.6. The number of oxazole rings is 1. The van der Waals surface area contributed by atoms with E-state index >= 15 is 0 Å². The van der Waals surface area contributed by atoms with Gasteiger partial charge >= 0.3 is 5.97 Å². The van der Waals surface area contributed by atoms with Crippen molar-refractivity contribution < 1.29 is 13.9 Å². The molecule has 4 heteroatoms. The Kier molecular flexibility index (Phi) is 2.04. The lowest BCUT2D eigenvalue weighted by Crippen LogP contribution is -2.25. The molecule has 0 atom stereocenters. The van der Waals surface area contributed by atoms with E-state index in [0.29, 0.717) is 5.69 Å². The summed E-state index contributed by atoms with van der Waals surface area (Å²) in [6.07, 6.45) is 4.44. The van der Waals surface area contributed by atoms with E-state index in [1.54, 1.807) is 6.92 Å². The smallest absolute Gasteiger partial charge is 0.376 e. The predicted octanol–water partition coefficient (Wildman–Crippen LogP) is 1.69. The summed E-state index contributed by atoms with van der Waals surface area (Å²) >= 11 is 0. The maximum Gasteiger partial charge on any atom is 0.376 e. The van der Waals surface area contributed by atoms with Gasteiger partial charge in [-0.3, -0.25) is 0 Å². The van der Waals surface area contributed by atoms with Crippen LogP contribution in [0.15, 0.2) is 10.8 Å². The van der Waals surface area contributed by atoms with Gasteiger partial charge in [0.15, 0.2) is 6.39 Å². The molecule has 1 aliphatic carbocycles. The molecule has 0 unspecified atom stereocenters. The molecule has 0 amide bonds. The Morgan fingerprint density at radius 1 is 1.69 bits per heavy atom. The number of rotatable bonds is 2. The van der Waals surface area contributed by atoms with Crippen LogP contribution in [0.5, 0.6) is 0 Å². The van der Waals surface area contributed by atoms with Crippen LogP contribution >= 0.6 is 0 Å². The molecule has 13 heavy (non-hydrogen) atoms. The maximum atomic E-state index is 11.4. The Hall–Kier alpha value is -1.32. The number of hydrogen-bond acceptors (Lipinski definition) is 4. The minimum absolute atomic E-state index is 0.0944. The number of esters is 1. The molecule has 0 aromatic carbocycles. The molecule has 4 nitrogen and oxygen atoms in total. The first-order valence-corrected chi connectivity index (χ1v) is 4.38. The second-order valence-corrected chi connectivity index (χ2v) is 3.23. The first-order chi connectivity index (χ1) is 6.27. The van der Waals surface area contributed by atoms with Gasteiger partial charge < -0.3 is 9.15 Å². The summed E-state index contributed by atoms with van der Waals surface area (Å²) in [5, 5.41) is 0. The Bertz CT molecular complexity index is 314. The quantitative estimate of drug-likeness (QED) is 0.651. The van der Waals surface area contributed by atoms with Crippen molar-refractivity contribution in [3.8, 4) is 0 Å². The Labute approximate surface area is 75.9 Å². The third kappa shape index (κ3) is 1.56. The molecule has 2 rings (SSSR count). The Morgan fingerprint density at radius 3 is 2.92 bits per heavy atom. The number of aromatic nitrogens is 1. The van der Waals surface area contributed by atoms with Crippen LogP contribution in [0.2, 0.25) is 0 Å². The van der Waals surface area contributed by atoms with Gasteiger partial charge in [-0.25, -0.2) is 9.78 Å². The zero-order valence-electron chi connectivity index (χ0n) is 7.45. The van der Waals surface area contributed by atoms with Gasteiger partial charge in [0.2, 0.25) is 5.76 Å². The highest BCUT2D eigenvalue weighted by Gasteiger charge is 2.24. The van der Waals surface area contributed by atoms with E-state index in [1.165, 1.54) is 6.39 Å². The third-order valence-corrected chi connectivity index (χ3v) is 2.26. The van der Waals surface area contributed by atoms with Gasteiger partial charge in [0, 0.05) is 0 Å². The van der Waals surface area contributed by atoms with E-state index in [9.17, 15) is 4.79 Å². The monoisotopic (exact) mass is 181 g/mol. The van der Waals surface area contributed by atoms with Crippen molar-refractivity contribution in [2.75, 3.05) is 0 Å². The number of hydrogen-bond donors (Lipinski definition) is 0. The van der Waals surface area contributed by atoms with E-state index in [0.717, 1.165) is 19.3 Å². The average Bonchev–Trinajstić information content (AvgIpc) is 2.43. The number of carbonyl (C=O) groups excluding carboxylic acids is 1. The molecule has 1 aromatic rings. The maximum absolute atomic E-state index is 11.4. The minimum Gasteiger partial charge on any atom is -0.456 e. The molecule has 0 radical (unpaired) electrons. The second-order valence-electron chi connectivity index (χ2n) is 3.23. The fourth-order valence-electron chi connectivity index (χ4n) is 1.19. The number of nitrogens with zero attached hydrogens (tertiary/aromatic N) is 1. The van der Waals surface area contributed by atoms with Crippen LogP contribution in [0.25, 0.3) is 0 Å². The largest absolute Gasteiger partial charge is 0.456 e. The second kappa shape index (κ2) is 3.20. The van der Waals surface area contributed by atoms with Gasteiger partial charge in [0.25, 0.3) is 0 Å². The Morgan fingerprint density at radius 2 is 2.46 bits per heavy atom. The van der Waals surface area contributed by atoms with Crippen molar-refractivity contribution in [2.45, 2.75) is 32.3 Å². The lowest BCUT2D eigenvalue weighted by atomic mass is 9.96. The fraction of sp³-hybridized carbons (Fsp3) is 0.556. The van der Waals surface area contributed by atoms with Gasteiger partial charge in [-0.05, 0) is 26.2 Å². The van der Waals surface area contributed by atoms with Gasteiger partial charge in [-0.15, -0.1) is 0 Å². The van der Waals surface area contributed by atoms with Gasteiger partial charge in [-0.2, -0.15) is 0 Å². The van der Waals surface area contributed by atoms with Crippen molar-refractivity contribution in [1.29, 1.82) is 0 Å². The number of aryl methyl sites for hydroxylation is 1. The molecule has 0 spiro atoms. The van der Waals surface area contributed by atoms with Crippen molar-refractivity contribution in [3.63, 3.8) is 0 Å². The zero-order valence-corrected chi connectivity index (χ0v) is 7.45. The molecule has 1 aromatic heterocycles. The van der Waals surface area contributed by atoms with E-state index in [-0.39, 0.29) is 17.8 Å². The van der Waals surface area contributed by atoms with Crippen LogP contribution in [-0.4, -0.2) is 17.1 Å². The van der Waals surface area contributed by atoms with Crippen LogP contribution in [0.1, 0.15) is 35.5 Å². The third-order valence-electron chi connectivity index (χ3n) is 2.26. The van der Waals surface area contributed by atoms with Crippen LogP contribution < -0.4 is 0 Å². The van der Waals surface area contributed by atoms with Crippen LogP contribution in [0.4, 0.5) is 0 Å². The molecule has 1 aliphatic rings. The highest BCUT2D eigenvalue weighted by molar-refractivity contribution is 5.87. The number of carbonyl (C=O) groups is 1. The molecular formula is C9H11NO3. The summed E-state index contributed by atoms with van der Waals surface area (Å²) in [7, 11) is 0. The molecular weight excluding hydrogens is 170 g/mol. The molecule has 0 bridgehead atoms. The van der Waals surface area contributed by atoms with E-state index in [1.807, 2.05) is 0 Å². The van der Waals surface area contributed by atoms with Crippen molar-refractivity contribution >= 4 is 5.97 Å². The van der Waals surface area contributed by atoms with E-state index < -0.39 is 0 Å². The van der Waals surface area contributed by atoms with Crippen molar-refractivity contribution in [1.82, 2.24) is 4.98 Å². The molecule has 1 saturated carbocycles.